The molecule has 0 saturated carbocycles. The van der Waals surface area contributed by atoms with E-state index >= 15 is 0 Å². The molecule has 0 atom stereocenters. The van der Waals surface area contributed by atoms with Crippen molar-refractivity contribution in [3.8, 4) is 0 Å². The van der Waals surface area contributed by atoms with Gasteiger partial charge >= 0.3 is 0 Å². The Hall–Kier alpha value is -3.20. The van der Waals surface area contributed by atoms with Crippen molar-refractivity contribution in [3.05, 3.63) is 64.9 Å². The maximum Gasteiger partial charge on any atom is 0.292 e. The Labute approximate surface area is 176 Å². The molecule has 3 N–H and O–H groups in total. The van der Waals surface area contributed by atoms with Crippen molar-refractivity contribution in [1.29, 1.82) is 0 Å². The lowest BCUT2D eigenvalue weighted by Crippen LogP contribution is -2.49. The average Bonchev–Trinajstić information content (AvgIpc) is 2.73. The molecule has 1 aliphatic rings. The van der Waals surface area contributed by atoms with Crippen molar-refractivity contribution in [3.63, 3.8) is 0 Å². The molecular weight excluding hydrogens is 434 g/mol. The summed E-state index contributed by atoms with van der Waals surface area (Å²) in [6, 6.07) is 17.7. The van der Waals surface area contributed by atoms with E-state index in [1.807, 2.05) is 42.5 Å². The number of hydrogen-bond donors (Lipinski definition) is 2. The SMILES string of the molecule is Nc1nc(Nc2cccc(Br)c2)nc(C(=O)N2CCN(c3ccccc3)CC2)n1. The van der Waals surface area contributed by atoms with Crippen LogP contribution in [0.5, 0.6) is 0 Å². The van der Waals surface area contributed by atoms with E-state index in [4.69, 9.17) is 5.73 Å². The molecule has 148 valence electrons. The van der Waals surface area contributed by atoms with E-state index < -0.39 is 0 Å². The van der Waals surface area contributed by atoms with Crippen LogP contribution in [-0.4, -0.2) is 51.9 Å². The third-order valence-electron chi connectivity index (χ3n) is 4.61. The van der Waals surface area contributed by atoms with Crippen molar-refractivity contribution in [2.24, 2.45) is 0 Å². The van der Waals surface area contributed by atoms with Crippen LogP contribution in [0.3, 0.4) is 0 Å². The van der Waals surface area contributed by atoms with Crippen LogP contribution >= 0.6 is 15.9 Å². The van der Waals surface area contributed by atoms with Crippen LogP contribution in [0.15, 0.2) is 59.1 Å². The first-order valence-electron chi connectivity index (χ1n) is 9.22. The largest absolute Gasteiger partial charge is 0.368 e. The molecule has 1 amide bonds. The number of carbonyl (C=O) groups excluding carboxylic acids is 1. The first-order chi connectivity index (χ1) is 14.1. The Morgan fingerprint density at radius 3 is 2.45 bits per heavy atom. The van der Waals surface area contributed by atoms with Gasteiger partial charge < -0.3 is 20.9 Å². The summed E-state index contributed by atoms with van der Waals surface area (Å²) in [4.78, 5) is 29.3. The molecule has 0 aliphatic carbocycles. The van der Waals surface area contributed by atoms with Crippen LogP contribution in [0.25, 0.3) is 0 Å². The molecule has 29 heavy (non-hydrogen) atoms. The van der Waals surface area contributed by atoms with Crippen molar-refractivity contribution >= 4 is 45.1 Å². The molecule has 8 nitrogen and oxygen atoms in total. The molecule has 2 heterocycles. The summed E-state index contributed by atoms with van der Waals surface area (Å²) < 4.78 is 0.914. The number of nitrogens with two attached hydrogens (primary N) is 1. The van der Waals surface area contributed by atoms with Crippen molar-refractivity contribution < 1.29 is 4.79 Å². The number of amides is 1. The lowest BCUT2D eigenvalue weighted by molar-refractivity contribution is 0.0734. The monoisotopic (exact) mass is 453 g/mol. The molecule has 4 rings (SSSR count). The van der Waals surface area contributed by atoms with Crippen LogP contribution in [0.2, 0.25) is 0 Å². The number of nitrogens with one attached hydrogen (secondary N) is 1. The topological polar surface area (TPSA) is 100 Å². The quantitative estimate of drug-likeness (QED) is 0.625. The van der Waals surface area contributed by atoms with Gasteiger partial charge in [-0.1, -0.05) is 40.2 Å². The van der Waals surface area contributed by atoms with Crippen molar-refractivity contribution in [2.45, 2.75) is 0 Å². The van der Waals surface area contributed by atoms with E-state index in [0.29, 0.717) is 13.1 Å². The number of nitrogen functional groups attached to an aromatic ring is 1. The maximum absolute atomic E-state index is 12.9. The minimum Gasteiger partial charge on any atom is -0.368 e. The number of anilines is 4. The van der Waals surface area contributed by atoms with Crippen molar-refractivity contribution in [2.75, 3.05) is 42.1 Å². The van der Waals surface area contributed by atoms with Crippen LogP contribution in [0.1, 0.15) is 10.6 Å². The molecule has 0 unspecified atom stereocenters. The highest BCUT2D eigenvalue weighted by atomic mass is 79.9. The van der Waals surface area contributed by atoms with Gasteiger partial charge in [0.15, 0.2) is 0 Å². The highest BCUT2D eigenvalue weighted by Crippen LogP contribution is 2.20. The molecule has 1 aromatic heterocycles. The average molecular weight is 454 g/mol. The zero-order valence-corrected chi connectivity index (χ0v) is 17.2. The number of halogens is 1. The zero-order chi connectivity index (χ0) is 20.2. The minimum atomic E-state index is -0.246. The van der Waals surface area contributed by atoms with E-state index in [-0.39, 0.29) is 23.6 Å². The second-order valence-corrected chi connectivity index (χ2v) is 7.51. The summed E-state index contributed by atoms with van der Waals surface area (Å²) in [5.74, 6) is 0.0397. The van der Waals surface area contributed by atoms with Gasteiger partial charge in [0.2, 0.25) is 17.7 Å². The number of rotatable bonds is 4. The fraction of sp³-hybridized carbons (Fsp3) is 0.200. The van der Waals surface area contributed by atoms with E-state index in [9.17, 15) is 4.79 Å². The minimum absolute atomic E-state index is 0.00349. The van der Waals surface area contributed by atoms with Crippen LogP contribution in [-0.2, 0) is 0 Å². The molecular formula is C20H20BrN7O. The van der Waals surface area contributed by atoms with E-state index in [1.54, 1.807) is 4.90 Å². The summed E-state index contributed by atoms with van der Waals surface area (Å²) in [6.45, 7) is 2.68. The third-order valence-corrected chi connectivity index (χ3v) is 5.11. The maximum atomic E-state index is 12.9. The van der Waals surface area contributed by atoms with Crippen molar-refractivity contribution in [1.82, 2.24) is 19.9 Å². The van der Waals surface area contributed by atoms with Gasteiger partial charge in [-0.3, -0.25) is 4.79 Å². The highest BCUT2D eigenvalue weighted by molar-refractivity contribution is 9.10. The fourth-order valence-corrected chi connectivity index (χ4v) is 3.59. The predicted molar refractivity (Wildman–Crippen MR) is 116 cm³/mol. The first-order valence-corrected chi connectivity index (χ1v) is 10.0. The van der Waals surface area contributed by atoms with Gasteiger partial charge in [-0.25, -0.2) is 0 Å². The smallest absolute Gasteiger partial charge is 0.292 e. The van der Waals surface area contributed by atoms with Gasteiger partial charge in [0.25, 0.3) is 5.91 Å². The van der Waals surface area contributed by atoms with Gasteiger partial charge in [0, 0.05) is 42.0 Å². The summed E-state index contributed by atoms with van der Waals surface area (Å²) in [7, 11) is 0. The number of aromatic nitrogens is 3. The van der Waals surface area contributed by atoms with E-state index in [0.717, 1.165) is 28.9 Å². The van der Waals surface area contributed by atoms with Gasteiger partial charge in [0.05, 0.1) is 0 Å². The summed E-state index contributed by atoms with van der Waals surface area (Å²) in [5, 5.41) is 3.06. The molecule has 2 aromatic carbocycles. The van der Waals surface area contributed by atoms with Gasteiger partial charge in [-0.05, 0) is 30.3 Å². The second-order valence-electron chi connectivity index (χ2n) is 6.59. The highest BCUT2D eigenvalue weighted by Gasteiger charge is 2.25. The standard InChI is InChI=1S/C20H20BrN7O/c21-14-5-4-6-15(13-14)23-20-25-17(24-19(22)26-20)18(29)28-11-9-27(10-12-28)16-7-2-1-3-8-16/h1-8,13H,9-12H2,(H3,22,23,24,25,26). The summed E-state index contributed by atoms with van der Waals surface area (Å²) in [5.41, 5.74) is 7.75. The third kappa shape index (κ3) is 4.62. The number of piperazine rings is 1. The number of para-hydroxylation sites is 1. The molecule has 0 radical (unpaired) electrons. The van der Waals surface area contributed by atoms with E-state index in [1.165, 1.54) is 0 Å². The van der Waals surface area contributed by atoms with Crippen LogP contribution in [0.4, 0.5) is 23.3 Å². The first kappa shape index (κ1) is 19.1. The fourth-order valence-electron chi connectivity index (χ4n) is 3.19. The summed E-state index contributed by atoms with van der Waals surface area (Å²) in [6.07, 6.45) is 0. The number of benzene rings is 2. The van der Waals surface area contributed by atoms with Gasteiger partial charge in [0.1, 0.15) is 0 Å². The zero-order valence-electron chi connectivity index (χ0n) is 15.6. The Bertz CT molecular complexity index is 1010. The second kappa shape index (κ2) is 8.44. The molecule has 9 heteroatoms. The molecule has 1 saturated heterocycles. The van der Waals surface area contributed by atoms with Crippen LogP contribution in [0, 0.1) is 0 Å². The Kier molecular flexibility index (Phi) is 5.57. The van der Waals surface area contributed by atoms with Crippen LogP contribution < -0.4 is 16.0 Å². The molecule has 0 spiro atoms. The Morgan fingerprint density at radius 2 is 1.72 bits per heavy atom. The normalized spacial score (nSPS) is 14.0. The van der Waals surface area contributed by atoms with Gasteiger partial charge in [-0.15, -0.1) is 0 Å². The number of carbonyl (C=O) groups is 1. The predicted octanol–water partition coefficient (Wildman–Crippen LogP) is 2.92. The molecule has 3 aromatic rings. The number of hydrogen-bond acceptors (Lipinski definition) is 7. The molecule has 1 fully saturated rings. The molecule has 0 bridgehead atoms. The lowest BCUT2D eigenvalue weighted by Gasteiger charge is -2.35. The molecule has 1 aliphatic heterocycles. The lowest BCUT2D eigenvalue weighted by atomic mass is 10.2. The number of nitrogens with zero attached hydrogens (tertiary/aromatic N) is 5. The Morgan fingerprint density at radius 1 is 0.966 bits per heavy atom. The Balaban J connectivity index is 1.45. The van der Waals surface area contributed by atoms with E-state index in [2.05, 4.69) is 53.2 Å². The summed E-state index contributed by atoms with van der Waals surface area (Å²) >= 11 is 3.42. The van der Waals surface area contributed by atoms with Gasteiger partial charge in [-0.2, -0.15) is 15.0 Å².